The predicted molar refractivity (Wildman–Crippen MR) is 182 cm³/mol. The number of aliphatic imine (C=N–C) groups is 3. The van der Waals surface area contributed by atoms with Crippen molar-refractivity contribution in [2.75, 3.05) is 0 Å². The monoisotopic (exact) mass is 666 g/mol. The third-order valence-electron chi connectivity index (χ3n) is 11.0. The Balaban J connectivity index is 1.89. The summed E-state index contributed by atoms with van der Waals surface area (Å²) in [6.07, 6.45) is 10.7. The van der Waals surface area contributed by atoms with Crippen LogP contribution in [0.5, 0.6) is 0 Å². The van der Waals surface area contributed by atoms with Crippen LogP contribution in [0.25, 0.3) is 0 Å². The molecule has 264 valence electrons. The fourth-order valence-electron chi connectivity index (χ4n) is 10.8. The van der Waals surface area contributed by atoms with Gasteiger partial charge in [0, 0.05) is 19.6 Å². The Morgan fingerprint density at radius 3 is 0.917 bits per heavy atom. The maximum absolute atomic E-state index is 14.4. The van der Waals surface area contributed by atoms with E-state index in [9.17, 15) is 28.8 Å². The summed E-state index contributed by atoms with van der Waals surface area (Å²) < 4.78 is 3.63. The van der Waals surface area contributed by atoms with Gasteiger partial charge in [-0.2, -0.15) is 0 Å². The fourth-order valence-corrected chi connectivity index (χ4v) is 10.8. The average molecular weight is 667 g/mol. The lowest BCUT2D eigenvalue weighted by Crippen LogP contribution is -2.59. The van der Waals surface area contributed by atoms with E-state index in [4.69, 9.17) is 0 Å². The van der Waals surface area contributed by atoms with Crippen LogP contribution in [0.1, 0.15) is 120 Å². The Kier molecular flexibility index (Phi) is 10.2. The molecule has 3 aliphatic rings. The SMILES string of the molecule is CC1(C)CC(N=C=O)CC(C)(Cn2c(=O)n(CC3(C)CC(N=C=O)CC(C)(C)C3)c(=O)n(CC3(C)CC(N=C=O)CC(C)(C)C3)c2=O)C1. The van der Waals surface area contributed by atoms with Crippen molar-refractivity contribution in [2.45, 2.75) is 158 Å². The minimum atomic E-state index is -0.668. The number of hydrogen-bond acceptors (Lipinski definition) is 9. The van der Waals surface area contributed by atoms with E-state index in [1.807, 2.05) is 20.8 Å². The standard InChI is InChI=1S/C36H54N6O6/c1-31(2)10-25(37-22-43)13-34(7,16-31)19-40-28(46)41(20-35(8)14-26(38-23-44)11-32(3,4)17-35)30(48)42(29(40)47)21-36(9)15-27(39-24-45)12-33(5,6)18-36/h25-27H,10-21H2,1-9H3. The van der Waals surface area contributed by atoms with Gasteiger partial charge in [0.1, 0.15) is 0 Å². The second-order valence-corrected chi connectivity index (χ2v) is 18.9. The van der Waals surface area contributed by atoms with Crippen LogP contribution >= 0.6 is 0 Å². The van der Waals surface area contributed by atoms with Crippen molar-refractivity contribution in [1.82, 2.24) is 13.7 Å². The Bertz CT molecular complexity index is 1500. The van der Waals surface area contributed by atoms with Gasteiger partial charge in [-0.15, -0.1) is 0 Å². The normalized spacial score (nSPS) is 33.8. The van der Waals surface area contributed by atoms with Crippen molar-refractivity contribution < 1.29 is 14.4 Å². The minimum Gasteiger partial charge on any atom is -0.247 e. The van der Waals surface area contributed by atoms with Crippen LogP contribution in [0.4, 0.5) is 0 Å². The summed E-state index contributed by atoms with van der Waals surface area (Å²) in [6, 6.07) is -0.882. The van der Waals surface area contributed by atoms with Crippen LogP contribution < -0.4 is 17.1 Å². The lowest BCUT2D eigenvalue weighted by molar-refractivity contribution is 0.0519. The molecule has 3 saturated carbocycles. The molecule has 1 aromatic rings. The molecule has 0 N–H and O–H groups in total. The molecule has 12 heteroatoms. The molecular formula is C36H54N6O6. The van der Waals surface area contributed by atoms with Crippen molar-refractivity contribution in [1.29, 1.82) is 0 Å². The van der Waals surface area contributed by atoms with Gasteiger partial charge in [-0.05, 0) is 90.3 Å². The van der Waals surface area contributed by atoms with Crippen LogP contribution in [0.2, 0.25) is 0 Å². The number of isocyanates is 3. The molecule has 48 heavy (non-hydrogen) atoms. The molecule has 0 aromatic carbocycles. The highest BCUT2D eigenvalue weighted by molar-refractivity contribution is 5.34. The lowest BCUT2D eigenvalue weighted by Gasteiger charge is -2.46. The van der Waals surface area contributed by atoms with Crippen LogP contribution in [0.15, 0.2) is 29.4 Å². The number of aromatic nitrogens is 3. The van der Waals surface area contributed by atoms with E-state index < -0.39 is 33.3 Å². The molecule has 0 aliphatic heterocycles. The molecule has 1 aromatic heterocycles. The van der Waals surface area contributed by atoms with Crippen LogP contribution in [0, 0.1) is 32.5 Å². The van der Waals surface area contributed by atoms with E-state index in [0.717, 1.165) is 0 Å². The number of nitrogens with zero attached hydrogens (tertiary/aromatic N) is 6. The second kappa shape index (κ2) is 13.1. The van der Waals surface area contributed by atoms with Crippen LogP contribution in [0.3, 0.4) is 0 Å². The van der Waals surface area contributed by atoms with Crippen molar-refractivity contribution in [3.8, 4) is 0 Å². The van der Waals surface area contributed by atoms with Gasteiger partial charge in [0.05, 0.1) is 18.1 Å². The smallest absolute Gasteiger partial charge is 0.247 e. The summed E-state index contributed by atoms with van der Waals surface area (Å²) in [5.74, 6) is 0. The summed E-state index contributed by atoms with van der Waals surface area (Å²) in [6.45, 7) is 18.7. The Labute approximate surface area is 282 Å². The van der Waals surface area contributed by atoms with Gasteiger partial charge in [0.2, 0.25) is 18.2 Å². The molecule has 3 fully saturated rings. The molecule has 1 heterocycles. The first-order valence-corrected chi connectivity index (χ1v) is 17.2. The average Bonchev–Trinajstić information content (AvgIpc) is 2.89. The van der Waals surface area contributed by atoms with Gasteiger partial charge in [0.25, 0.3) is 0 Å². The molecular weight excluding hydrogens is 612 g/mol. The molecule has 12 nitrogen and oxygen atoms in total. The summed E-state index contributed by atoms with van der Waals surface area (Å²) >= 11 is 0. The highest BCUT2D eigenvalue weighted by Crippen LogP contribution is 2.50. The molecule has 0 saturated heterocycles. The maximum atomic E-state index is 14.4. The van der Waals surface area contributed by atoms with Crippen molar-refractivity contribution in [3.05, 3.63) is 31.5 Å². The summed E-state index contributed by atoms with van der Waals surface area (Å²) in [4.78, 5) is 89.2. The van der Waals surface area contributed by atoms with Gasteiger partial charge >= 0.3 is 17.1 Å². The minimum absolute atomic E-state index is 0.0553. The molecule has 4 rings (SSSR count). The first-order valence-electron chi connectivity index (χ1n) is 17.2. The van der Waals surface area contributed by atoms with Crippen LogP contribution in [-0.2, 0) is 34.0 Å². The van der Waals surface area contributed by atoms with Gasteiger partial charge in [-0.25, -0.2) is 57.4 Å². The molecule has 0 spiro atoms. The zero-order valence-corrected chi connectivity index (χ0v) is 30.4. The molecule has 0 amide bonds. The van der Waals surface area contributed by atoms with E-state index in [-0.39, 0.29) is 54.0 Å². The Hall–Kier alpha value is -3.45. The molecule has 6 atom stereocenters. The molecule has 0 radical (unpaired) electrons. The third kappa shape index (κ3) is 8.58. The Morgan fingerprint density at radius 2 is 0.708 bits per heavy atom. The molecule has 6 unspecified atom stereocenters. The van der Waals surface area contributed by atoms with E-state index in [1.54, 1.807) is 18.2 Å². The predicted octanol–water partition coefficient (Wildman–Crippen LogP) is 4.93. The Morgan fingerprint density at radius 1 is 0.479 bits per heavy atom. The summed E-state index contributed by atoms with van der Waals surface area (Å²) in [5, 5.41) is 0. The van der Waals surface area contributed by atoms with E-state index >= 15 is 0 Å². The number of rotatable bonds is 9. The van der Waals surface area contributed by atoms with E-state index in [1.165, 1.54) is 13.7 Å². The third-order valence-corrected chi connectivity index (χ3v) is 11.0. The van der Waals surface area contributed by atoms with Gasteiger partial charge < -0.3 is 0 Å². The number of carbonyl (C=O) groups excluding carboxylic acids is 3. The van der Waals surface area contributed by atoms with E-state index in [0.29, 0.717) is 57.8 Å². The number of hydrogen-bond donors (Lipinski definition) is 0. The van der Waals surface area contributed by atoms with E-state index in [2.05, 4.69) is 56.5 Å². The zero-order chi connectivity index (χ0) is 35.9. The quantitative estimate of drug-likeness (QED) is 0.269. The highest BCUT2D eigenvalue weighted by atomic mass is 16.2. The van der Waals surface area contributed by atoms with Gasteiger partial charge in [-0.1, -0.05) is 62.3 Å². The van der Waals surface area contributed by atoms with Crippen LogP contribution in [-0.4, -0.2) is 50.1 Å². The summed E-state index contributed by atoms with van der Waals surface area (Å²) in [7, 11) is 0. The van der Waals surface area contributed by atoms with Crippen molar-refractivity contribution in [3.63, 3.8) is 0 Å². The molecule has 3 aliphatic carbocycles. The van der Waals surface area contributed by atoms with Gasteiger partial charge in [-0.3, -0.25) is 0 Å². The van der Waals surface area contributed by atoms with Crippen molar-refractivity contribution >= 4 is 18.2 Å². The molecule has 0 bridgehead atoms. The fraction of sp³-hybridized carbons (Fsp3) is 0.833. The zero-order valence-electron chi connectivity index (χ0n) is 30.4. The second-order valence-electron chi connectivity index (χ2n) is 18.9. The first-order chi connectivity index (χ1) is 22.1. The first kappa shape index (κ1) is 37.4. The maximum Gasteiger partial charge on any atom is 0.336 e. The largest absolute Gasteiger partial charge is 0.336 e. The highest BCUT2D eigenvalue weighted by Gasteiger charge is 2.46. The topological polar surface area (TPSA) is 154 Å². The van der Waals surface area contributed by atoms with Crippen molar-refractivity contribution in [2.24, 2.45) is 47.5 Å². The van der Waals surface area contributed by atoms with Gasteiger partial charge in [0.15, 0.2) is 0 Å². The lowest BCUT2D eigenvalue weighted by atomic mass is 9.62. The summed E-state index contributed by atoms with van der Waals surface area (Å²) in [5.41, 5.74) is -4.35.